The predicted molar refractivity (Wildman–Crippen MR) is 125 cm³/mol. The number of carbonyl (C=O) groups excluding carboxylic acids is 2. The normalized spacial score (nSPS) is 11.3. The number of nitrogens with zero attached hydrogens (tertiary/aromatic N) is 2. The van der Waals surface area contributed by atoms with Crippen molar-refractivity contribution in [2.24, 2.45) is 0 Å². The smallest absolute Gasteiger partial charge is 0.314 e. The molecule has 0 radical (unpaired) electrons. The third-order valence-corrected chi connectivity index (χ3v) is 5.23. The van der Waals surface area contributed by atoms with Gasteiger partial charge in [-0.05, 0) is 25.8 Å². The first-order chi connectivity index (χ1) is 15.6. The largest absolute Gasteiger partial charge is 0.395 e. The lowest BCUT2D eigenvalue weighted by atomic mass is 10.1. The highest BCUT2D eigenvalue weighted by Crippen LogP contribution is 2.08. The molecule has 0 aliphatic rings. The van der Waals surface area contributed by atoms with E-state index in [0.29, 0.717) is 58.7 Å². The third kappa shape index (κ3) is 19.4. The molecule has 0 aliphatic carbocycles. The van der Waals surface area contributed by atoms with Crippen LogP contribution in [0.1, 0.15) is 51.4 Å². The van der Waals surface area contributed by atoms with E-state index in [4.69, 9.17) is 20.4 Å². The van der Waals surface area contributed by atoms with Crippen molar-refractivity contribution in [1.82, 2.24) is 20.4 Å². The predicted octanol–water partition coefficient (Wildman–Crippen LogP) is -0.451. The van der Waals surface area contributed by atoms with Gasteiger partial charge in [-0.1, -0.05) is 19.3 Å². The van der Waals surface area contributed by atoms with Gasteiger partial charge in [0.15, 0.2) is 0 Å². The Morgan fingerprint density at radius 1 is 0.531 bits per heavy atom. The maximum absolute atomic E-state index is 12.0. The SMILES string of the molecule is O=C(CCCCCCCNC(=O)NCCN(CCO)CCO)CCCN(CCO)CCO. The maximum Gasteiger partial charge on any atom is 0.314 e. The summed E-state index contributed by atoms with van der Waals surface area (Å²) in [6.45, 7) is 4.54. The number of Topliss-reactive ketones (excluding diaryl/α,β-unsaturated/α-hetero) is 1. The molecule has 0 aromatic heterocycles. The summed E-state index contributed by atoms with van der Waals surface area (Å²) in [6, 6.07) is -0.208. The summed E-state index contributed by atoms with van der Waals surface area (Å²) in [5.74, 6) is 0.271. The first kappa shape index (κ1) is 30.7. The van der Waals surface area contributed by atoms with E-state index in [2.05, 4.69) is 10.6 Å². The topological polar surface area (TPSA) is 146 Å². The second kappa shape index (κ2) is 22.9. The van der Waals surface area contributed by atoms with E-state index in [-0.39, 0.29) is 38.2 Å². The Morgan fingerprint density at radius 3 is 1.59 bits per heavy atom. The van der Waals surface area contributed by atoms with Gasteiger partial charge in [-0.2, -0.15) is 0 Å². The van der Waals surface area contributed by atoms with E-state index >= 15 is 0 Å². The van der Waals surface area contributed by atoms with Crippen molar-refractivity contribution in [3.63, 3.8) is 0 Å². The fraction of sp³-hybridized carbons (Fsp3) is 0.909. The van der Waals surface area contributed by atoms with E-state index in [1.54, 1.807) is 0 Å². The highest BCUT2D eigenvalue weighted by atomic mass is 16.3. The molecule has 6 N–H and O–H groups in total. The highest BCUT2D eigenvalue weighted by Gasteiger charge is 2.07. The van der Waals surface area contributed by atoms with E-state index in [0.717, 1.165) is 45.1 Å². The zero-order chi connectivity index (χ0) is 23.9. The summed E-state index contributed by atoms with van der Waals surface area (Å²) >= 11 is 0. The van der Waals surface area contributed by atoms with Crippen molar-refractivity contribution in [2.45, 2.75) is 51.4 Å². The average Bonchev–Trinajstić information content (AvgIpc) is 2.76. The number of nitrogens with one attached hydrogen (secondary N) is 2. The van der Waals surface area contributed by atoms with E-state index < -0.39 is 0 Å². The average molecular weight is 463 g/mol. The fourth-order valence-corrected chi connectivity index (χ4v) is 3.43. The van der Waals surface area contributed by atoms with Gasteiger partial charge in [0, 0.05) is 58.7 Å². The Hall–Kier alpha value is -1.30. The molecule has 0 saturated carbocycles. The summed E-state index contributed by atoms with van der Waals surface area (Å²) in [7, 11) is 0. The van der Waals surface area contributed by atoms with Crippen LogP contribution in [-0.2, 0) is 4.79 Å². The lowest BCUT2D eigenvalue weighted by Crippen LogP contribution is -2.42. The molecule has 0 atom stereocenters. The molecule has 0 heterocycles. The van der Waals surface area contributed by atoms with Crippen molar-refractivity contribution < 1.29 is 30.0 Å². The van der Waals surface area contributed by atoms with Gasteiger partial charge in [0.25, 0.3) is 0 Å². The first-order valence-electron chi connectivity index (χ1n) is 12.0. The molecule has 0 rings (SSSR count). The Balaban J connectivity index is 3.55. The van der Waals surface area contributed by atoms with Crippen molar-refractivity contribution in [1.29, 1.82) is 0 Å². The van der Waals surface area contributed by atoms with Gasteiger partial charge < -0.3 is 31.1 Å². The molecule has 0 unspecified atom stereocenters. The summed E-state index contributed by atoms with van der Waals surface area (Å²) < 4.78 is 0. The Kier molecular flexibility index (Phi) is 21.9. The molecule has 0 aliphatic heterocycles. The van der Waals surface area contributed by atoms with Crippen LogP contribution < -0.4 is 10.6 Å². The van der Waals surface area contributed by atoms with Crippen LogP contribution in [0.4, 0.5) is 4.79 Å². The van der Waals surface area contributed by atoms with Crippen LogP contribution in [0.3, 0.4) is 0 Å². The number of ketones is 1. The zero-order valence-corrected chi connectivity index (χ0v) is 19.6. The summed E-state index contributed by atoms with van der Waals surface area (Å²) in [5.41, 5.74) is 0. The van der Waals surface area contributed by atoms with Crippen molar-refractivity contribution >= 4 is 11.8 Å². The van der Waals surface area contributed by atoms with E-state index in [9.17, 15) is 9.59 Å². The number of hydrogen-bond donors (Lipinski definition) is 6. The Bertz CT molecular complexity index is 404. The van der Waals surface area contributed by atoms with Crippen molar-refractivity contribution in [2.75, 3.05) is 78.8 Å². The molecule has 190 valence electrons. The van der Waals surface area contributed by atoms with Gasteiger partial charge in [0.2, 0.25) is 0 Å². The Morgan fingerprint density at radius 2 is 1.00 bits per heavy atom. The third-order valence-electron chi connectivity index (χ3n) is 5.23. The quantitative estimate of drug-likeness (QED) is 0.112. The van der Waals surface area contributed by atoms with Crippen molar-refractivity contribution in [3.05, 3.63) is 0 Å². The fourth-order valence-electron chi connectivity index (χ4n) is 3.43. The lowest BCUT2D eigenvalue weighted by molar-refractivity contribution is -0.119. The summed E-state index contributed by atoms with van der Waals surface area (Å²) in [6.07, 6.45) is 6.74. The number of hydrogen-bond acceptors (Lipinski definition) is 8. The van der Waals surface area contributed by atoms with Crippen LogP contribution in [-0.4, -0.2) is 121 Å². The molecule has 10 heteroatoms. The van der Waals surface area contributed by atoms with Crippen molar-refractivity contribution in [3.8, 4) is 0 Å². The molecule has 0 aromatic carbocycles. The number of rotatable bonds is 23. The monoisotopic (exact) mass is 462 g/mol. The molecule has 2 amide bonds. The van der Waals surface area contributed by atoms with Crippen LogP contribution in [0.5, 0.6) is 0 Å². The molecular weight excluding hydrogens is 416 g/mol. The van der Waals surface area contributed by atoms with Gasteiger partial charge in [-0.15, -0.1) is 0 Å². The number of urea groups is 1. The van der Waals surface area contributed by atoms with Gasteiger partial charge in [-0.3, -0.25) is 14.6 Å². The molecule has 0 spiro atoms. The minimum Gasteiger partial charge on any atom is -0.395 e. The van der Waals surface area contributed by atoms with E-state index in [1.165, 1.54) is 0 Å². The number of unbranched alkanes of at least 4 members (excludes halogenated alkanes) is 4. The second-order valence-corrected chi connectivity index (χ2v) is 7.92. The van der Waals surface area contributed by atoms with Gasteiger partial charge in [0.05, 0.1) is 26.4 Å². The first-order valence-corrected chi connectivity index (χ1v) is 12.0. The molecule has 0 fully saturated rings. The second-order valence-electron chi connectivity index (χ2n) is 7.92. The molecule has 10 nitrogen and oxygen atoms in total. The van der Waals surface area contributed by atoms with Crippen LogP contribution in [0.25, 0.3) is 0 Å². The number of amides is 2. The number of aliphatic hydroxyl groups excluding tert-OH is 4. The minimum atomic E-state index is -0.208. The standard InChI is InChI=1S/C22H46N4O6/c27-17-13-25(14-18-28)11-6-8-21(31)7-4-2-1-3-5-9-23-22(32)24-10-12-26(15-19-29)16-20-30/h27-30H,1-20H2,(H2,23,24,32). The molecule has 0 aromatic rings. The molecular formula is C22H46N4O6. The van der Waals surface area contributed by atoms with Gasteiger partial charge in [0.1, 0.15) is 5.78 Å². The van der Waals surface area contributed by atoms with E-state index in [1.807, 2.05) is 9.80 Å². The van der Waals surface area contributed by atoms with Crippen LogP contribution in [0, 0.1) is 0 Å². The number of aliphatic hydroxyl groups is 4. The van der Waals surface area contributed by atoms with Crippen LogP contribution >= 0.6 is 0 Å². The molecule has 0 saturated heterocycles. The lowest BCUT2D eigenvalue weighted by Gasteiger charge is -2.20. The summed E-state index contributed by atoms with van der Waals surface area (Å²) in [4.78, 5) is 27.5. The number of carbonyl (C=O) groups is 2. The summed E-state index contributed by atoms with van der Waals surface area (Å²) in [5, 5.41) is 41.4. The molecule has 32 heavy (non-hydrogen) atoms. The van der Waals surface area contributed by atoms with Gasteiger partial charge in [-0.25, -0.2) is 4.79 Å². The Labute approximate surface area is 193 Å². The van der Waals surface area contributed by atoms with Crippen LogP contribution in [0.2, 0.25) is 0 Å². The van der Waals surface area contributed by atoms with Gasteiger partial charge >= 0.3 is 6.03 Å². The van der Waals surface area contributed by atoms with Crippen LogP contribution in [0.15, 0.2) is 0 Å². The molecule has 0 bridgehead atoms. The minimum absolute atomic E-state index is 0.0238. The maximum atomic E-state index is 12.0. The zero-order valence-electron chi connectivity index (χ0n) is 19.6. The highest BCUT2D eigenvalue weighted by molar-refractivity contribution is 5.78.